The second-order valence-electron chi connectivity index (χ2n) is 5.12. The molecule has 2 amide bonds. The molecule has 1 aromatic rings. The highest BCUT2D eigenvalue weighted by molar-refractivity contribution is 5.89. The van der Waals surface area contributed by atoms with Gasteiger partial charge in [-0.1, -0.05) is 0 Å². The first-order valence-electron chi connectivity index (χ1n) is 6.68. The van der Waals surface area contributed by atoms with Gasteiger partial charge in [-0.15, -0.1) is 0 Å². The summed E-state index contributed by atoms with van der Waals surface area (Å²) in [4.78, 5) is 24.1. The maximum atomic E-state index is 13.0. The molecule has 114 valence electrons. The standard InChI is InChI=1S/C14H16F2N2O3/c15-10-6-11(16)8-12(7-10)17-14(21)18-3-1-9(2-4-18)5-13(19)20/h6-9H,1-5H2,(H,17,21)(H,19,20). The number of carboxylic acid groups (broad SMARTS) is 1. The molecule has 0 unspecified atom stereocenters. The van der Waals surface area contributed by atoms with Crippen LogP contribution in [0, 0.1) is 17.6 Å². The number of nitrogens with zero attached hydrogens (tertiary/aromatic N) is 1. The lowest BCUT2D eigenvalue weighted by Gasteiger charge is -2.31. The number of hydrogen-bond acceptors (Lipinski definition) is 2. The molecular formula is C14H16F2N2O3. The van der Waals surface area contributed by atoms with Crippen LogP contribution in [0.25, 0.3) is 0 Å². The van der Waals surface area contributed by atoms with E-state index in [1.54, 1.807) is 0 Å². The van der Waals surface area contributed by atoms with E-state index >= 15 is 0 Å². The second-order valence-corrected chi connectivity index (χ2v) is 5.12. The minimum Gasteiger partial charge on any atom is -0.481 e. The third kappa shape index (κ3) is 4.40. The summed E-state index contributed by atoms with van der Waals surface area (Å²) in [5.74, 6) is -2.29. The van der Waals surface area contributed by atoms with Crippen LogP contribution < -0.4 is 5.32 Å². The van der Waals surface area contributed by atoms with Gasteiger partial charge in [-0.3, -0.25) is 4.79 Å². The van der Waals surface area contributed by atoms with Crippen molar-refractivity contribution in [1.29, 1.82) is 0 Å². The van der Waals surface area contributed by atoms with E-state index < -0.39 is 23.6 Å². The number of likely N-dealkylation sites (tertiary alicyclic amines) is 1. The van der Waals surface area contributed by atoms with Gasteiger partial charge in [0.15, 0.2) is 0 Å². The van der Waals surface area contributed by atoms with Gasteiger partial charge in [0.1, 0.15) is 11.6 Å². The Morgan fingerprint density at radius 2 is 1.76 bits per heavy atom. The molecule has 0 aliphatic carbocycles. The fraction of sp³-hybridized carbons (Fsp3) is 0.429. The van der Waals surface area contributed by atoms with Gasteiger partial charge >= 0.3 is 12.0 Å². The van der Waals surface area contributed by atoms with Crippen molar-refractivity contribution in [1.82, 2.24) is 4.90 Å². The topological polar surface area (TPSA) is 69.6 Å². The van der Waals surface area contributed by atoms with Crippen molar-refractivity contribution in [2.24, 2.45) is 5.92 Å². The molecule has 1 aliphatic rings. The number of piperidine rings is 1. The molecule has 2 rings (SSSR count). The lowest BCUT2D eigenvalue weighted by molar-refractivity contribution is -0.138. The van der Waals surface area contributed by atoms with Crippen molar-refractivity contribution < 1.29 is 23.5 Å². The molecule has 0 bridgehead atoms. The van der Waals surface area contributed by atoms with E-state index in [1.807, 2.05) is 0 Å². The quantitative estimate of drug-likeness (QED) is 0.901. The average molecular weight is 298 g/mol. The van der Waals surface area contributed by atoms with Crippen LogP contribution in [0.4, 0.5) is 19.3 Å². The van der Waals surface area contributed by atoms with Gasteiger partial charge in [0.05, 0.1) is 0 Å². The molecule has 1 fully saturated rings. The molecule has 0 atom stereocenters. The summed E-state index contributed by atoms with van der Waals surface area (Å²) in [6.45, 7) is 0.864. The van der Waals surface area contributed by atoms with E-state index in [9.17, 15) is 18.4 Å². The van der Waals surface area contributed by atoms with E-state index in [2.05, 4.69) is 5.32 Å². The zero-order chi connectivity index (χ0) is 15.4. The monoisotopic (exact) mass is 298 g/mol. The first kappa shape index (κ1) is 15.2. The molecule has 1 aliphatic heterocycles. The summed E-state index contributed by atoms with van der Waals surface area (Å²) in [6.07, 6.45) is 1.32. The van der Waals surface area contributed by atoms with Gasteiger partial charge in [-0.2, -0.15) is 0 Å². The Labute approximate surface area is 120 Å². The molecular weight excluding hydrogens is 282 g/mol. The number of benzene rings is 1. The average Bonchev–Trinajstić information content (AvgIpc) is 2.37. The highest BCUT2D eigenvalue weighted by atomic mass is 19.1. The number of carbonyl (C=O) groups is 2. The molecule has 1 heterocycles. The van der Waals surface area contributed by atoms with Crippen LogP contribution in [0.2, 0.25) is 0 Å². The number of carboxylic acids is 1. The van der Waals surface area contributed by atoms with Gasteiger partial charge in [0.2, 0.25) is 0 Å². The van der Waals surface area contributed by atoms with Crippen molar-refractivity contribution in [3.05, 3.63) is 29.8 Å². The van der Waals surface area contributed by atoms with Crippen LogP contribution in [0.1, 0.15) is 19.3 Å². The Bertz CT molecular complexity index is 523. The molecule has 0 saturated carbocycles. The van der Waals surface area contributed by atoms with Gasteiger partial charge in [0, 0.05) is 31.3 Å². The zero-order valence-corrected chi connectivity index (χ0v) is 11.3. The lowest BCUT2D eigenvalue weighted by atomic mass is 9.94. The second kappa shape index (κ2) is 6.51. The van der Waals surface area contributed by atoms with Crippen LogP contribution in [0.3, 0.4) is 0 Å². The number of urea groups is 1. The van der Waals surface area contributed by atoms with Crippen LogP contribution in [-0.4, -0.2) is 35.1 Å². The Hall–Kier alpha value is -2.18. The first-order valence-corrected chi connectivity index (χ1v) is 6.68. The fourth-order valence-corrected chi connectivity index (χ4v) is 2.42. The first-order chi connectivity index (χ1) is 9.94. The number of carbonyl (C=O) groups excluding carboxylic acids is 1. The lowest BCUT2D eigenvalue weighted by Crippen LogP contribution is -2.41. The number of nitrogens with one attached hydrogen (secondary N) is 1. The molecule has 0 aromatic heterocycles. The molecule has 0 spiro atoms. The van der Waals surface area contributed by atoms with Crippen molar-refractivity contribution in [3.8, 4) is 0 Å². The zero-order valence-electron chi connectivity index (χ0n) is 11.3. The fourth-order valence-electron chi connectivity index (χ4n) is 2.42. The maximum Gasteiger partial charge on any atom is 0.321 e. The van der Waals surface area contributed by atoms with Gasteiger partial charge in [-0.05, 0) is 30.9 Å². The minimum atomic E-state index is -0.840. The maximum absolute atomic E-state index is 13.0. The normalized spacial score (nSPS) is 15.8. The molecule has 7 heteroatoms. The molecule has 1 saturated heterocycles. The number of aliphatic carboxylic acids is 1. The molecule has 1 aromatic carbocycles. The molecule has 2 N–H and O–H groups in total. The van der Waals surface area contributed by atoms with E-state index in [0.717, 1.165) is 18.2 Å². The summed E-state index contributed by atoms with van der Waals surface area (Å²) in [6, 6.07) is 2.37. The van der Waals surface area contributed by atoms with Gasteiger partial charge in [-0.25, -0.2) is 13.6 Å². The van der Waals surface area contributed by atoms with Crippen LogP contribution in [0.5, 0.6) is 0 Å². The number of anilines is 1. The van der Waals surface area contributed by atoms with E-state index in [-0.39, 0.29) is 18.0 Å². The Morgan fingerprint density at radius 3 is 2.29 bits per heavy atom. The third-order valence-electron chi connectivity index (χ3n) is 3.48. The van der Waals surface area contributed by atoms with E-state index in [1.165, 1.54) is 4.90 Å². The van der Waals surface area contributed by atoms with Crippen molar-refractivity contribution in [2.75, 3.05) is 18.4 Å². The van der Waals surface area contributed by atoms with Crippen molar-refractivity contribution in [2.45, 2.75) is 19.3 Å². The Balaban J connectivity index is 1.88. The summed E-state index contributed by atoms with van der Waals surface area (Å²) in [7, 11) is 0. The van der Waals surface area contributed by atoms with Gasteiger partial charge in [0.25, 0.3) is 0 Å². The Kier molecular flexibility index (Phi) is 4.72. The number of rotatable bonds is 3. The largest absolute Gasteiger partial charge is 0.481 e. The SMILES string of the molecule is O=C(O)CC1CCN(C(=O)Nc2cc(F)cc(F)c2)CC1. The predicted octanol–water partition coefficient (Wildman–Crippen LogP) is 2.68. The molecule has 21 heavy (non-hydrogen) atoms. The summed E-state index contributed by atoms with van der Waals surface area (Å²) in [5, 5.41) is 11.2. The van der Waals surface area contributed by atoms with Gasteiger partial charge < -0.3 is 15.3 Å². The third-order valence-corrected chi connectivity index (χ3v) is 3.48. The number of amides is 2. The number of hydrogen-bond donors (Lipinski definition) is 2. The highest BCUT2D eigenvalue weighted by Crippen LogP contribution is 2.21. The highest BCUT2D eigenvalue weighted by Gasteiger charge is 2.24. The van der Waals surface area contributed by atoms with Crippen molar-refractivity contribution in [3.63, 3.8) is 0 Å². The van der Waals surface area contributed by atoms with Crippen LogP contribution in [0.15, 0.2) is 18.2 Å². The number of halogens is 2. The smallest absolute Gasteiger partial charge is 0.321 e. The van der Waals surface area contributed by atoms with Crippen LogP contribution in [-0.2, 0) is 4.79 Å². The summed E-state index contributed by atoms with van der Waals surface area (Å²) in [5.41, 5.74) is 0.0603. The predicted molar refractivity (Wildman–Crippen MR) is 71.9 cm³/mol. The minimum absolute atomic E-state index is 0.0603. The summed E-state index contributed by atoms with van der Waals surface area (Å²) >= 11 is 0. The molecule has 5 nitrogen and oxygen atoms in total. The van der Waals surface area contributed by atoms with E-state index in [4.69, 9.17) is 5.11 Å². The Morgan fingerprint density at radius 1 is 1.19 bits per heavy atom. The van der Waals surface area contributed by atoms with E-state index in [0.29, 0.717) is 25.9 Å². The van der Waals surface area contributed by atoms with Crippen LogP contribution >= 0.6 is 0 Å². The van der Waals surface area contributed by atoms with Crippen molar-refractivity contribution >= 4 is 17.7 Å². The summed E-state index contributed by atoms with van der Waals surface area (Å²) < 4.78 is 26.1. The molecule has 0 radical (unpaired) electrons.